The molecule has 1 atom stereocenters. The number of aromatic nitrogens is 4. The number of hydrogen-bond donors (Lipinski definition) is 0. The van der Waals surface area contributed by atoms with Crippen molar-refractivity contribution in [1.29, 1.82) is 0 Å². The maximum atomic E-state index is 4.80. The number of nitrogens with zero attached hydrogens (tertiary/aromatic N) is 4. The lowest BCUT2D eigenvalue weighted by molar-refractivity contribution is 0.280. The molecule has 0 radical (unpaired) electrons. The molecule has 1 unspecified atom stereocenters. The van der Waals surface area contributed by atoms with Crippen LogP contribution in [0.1, 0.15) is 102 Å². The van der Waals surface area contributed by atoms with E-state index < -0.39 is 0 Å². The third-order valence-electron chi connectivity index (χ3n) is 5.38. The van der Waals surface area contributed by atoms with Crippen LogP contribution in [0, 0.1) is 13.8 Å². The minimum atomic E-state index is 0.0219. The molecule has 4 heteroatoms. The zero-order valence-corrected chi connectivity index (χ0v) is 17.6. The van der Waals surface area contributed by atoms with Crippen molar-refractivity contribution in [2.24, 2.45) is 0 Å². The zero-order valence-electron chi connectivity index (χ0n) is 17.6. The van der Waals surface area contributed by atoms with Crippen molar-refractivity contribution in [2.75, 3.05) is 0 Å². The first kappa shape index (κ1) is 19.7. The van der Waals surface area contributed by atoms with Gasteiger partial charge in [-0.15, -0.1) is 0 Å². The van der Waals surface area contributed by atoms with Crippen molar-refractivity contribution in [3.8, 4) is 0 Å². The second kappa shape index (κ2) is 7.35. The van der Waals surface area contributed by atoms with Crippen molar-refractivity contribution in [3.05, 3.63) is 34.9 Å². The molecule has 140 valence electrons. The number of aryl methyl sites for hydroxylation is 2. The van der Waals surface area contributed by atoms with Gasteiger partial charge in [0.15, 0.2) is 0 Å². The molecule has 0 saturated carbocycles. The van der Waals surface area contributed by atoms with E-state index in [9.17, 15) is 0 Å². The summed E-state index contributed by atoms with van der Waals surface area (Å²) < 4.78 is 4.26. The third kappa shape index (κ3) is 4.34. The van der Waals surface area contributed by atoms with Crippen molar-refractivity contribution >= 4 is 0 Å². The van der Waals surface area contributed by atoms with E-state index in [1.165, 1.54) is 11.1 Å². The fourth-order valence-corrected chi connectivity index (χ4v) is 3.43. The molecule has 25 heavy (non-hydrogen) atoms. The van der Waals surface area contributed by atoms with E-state index in [2.05, 4.69) is 89.2 Å². The third-order valence-corrected chi connectivity index (χ3v) is 5.38. The summed E-state index contributed by atoms with van der Waals surface area (Å²) in [6.45, 7) is 20.0. The average molecular weight is 345 g/mol. The summed E-state index contributed by atoms with van der Waals surface area (Å²) in [4.78, 5) is 0. The largest absolute Gasteiger partial charge is 0.270 e. The number of rotatable bonds is 7. The zero-order chi connectivity index (χ0) is 18.9. The van der Waals surface area contributed by atoms with Crippen LogP contribution in [0.3, 0.4) is 0 Å². The van der Waals surface area contributed by atoms with E-state index in [-0.39, 0.29) is 5.54 Å². The summed E-state index contributed by atoms with van der Waals surface area (Å²) in [5.41, 5.74) is 5.08. The van der Waals surface area contributed by atoms with Crippen LogP contribution in [-0.4, -0.2) is 19.6 Å². The van der Waals surface area contributed by atoms with E-state index in [1.807, 2.05) is 0 Å². The standard InChI is InChI=1S/C21H36N4/c1-14(2)19-13-25(23-17(19)6)21(8,9)11-10-16(5)20-12-24(15(3)4)22-18(20)7/h12-16H,10-11H2,1-9H3. The first-order valence-corrected chi connectivity index (χ1v) is 9.65. The molecule has 0 spiro atoms. The Morgan fingerprint density at radius 3 is 2.00 bits per heavy atom. The van der Waals surface area contributed by atoms with Gasteiger partial charge in [-0.1, -0.05) is 20.8 Å². The second-order valence-electron chi connectivity index (χ2n) is 8.76. The number of hydrogen-bond acceptors (Lipinski definition) is 2. The van der Waals surface area contributed by atoms with Crippen LogP contribution in [0.5, 0.6) is 0 Å². The summed E-state index contributed by atoms with van der Waals surface area (Å²) in [5, 5.41) is 9.47. The van der Waals surface area contributed by atoms with Crippen molar-refractivity contribution in [3.63, 3.8) is 0 Å². The highest BCUT2D eigenvalue weighted by atomic mass is 15.3. The monoisotopic (exact) mass is 344 g/mol. The predicted octanol–water partition coefficient (Wildman–Crippen LogP) is 5.72. The van der Waals surface area contributed by atoms with Crippen LogP contribution in [0.25, 0.3) is 0 Å². The molecule has 2 rings (SSSR count). The van der Waals surface area contributed by atoms with Crippen LogP contribution in [0.4, 0.5) is 0 Å². The molecule has 0 fully saturated rings. The van der Waals surface area contributed by atoms with E-state index in [0.717, 1.165) is 24.2 Å². The van der Waals surface area contributed by atoms with Gasteiger partial charge in [-0.05, 0) is 77.3 Å². The van der Waals surface area contributed by atoms with E-state index in [4.69, 9.17) is 5.10 Å². The van der Waals surface area contributed by atoms with Crippen LogP contribution < -0.4 is 0 Å². The Morgan fingerprint density at radius 1 is 0.920 bits per heavy atom. The predicted molar refractivity (Wildman–Crippen MR) is 105 cm³/mol. The first-order valence-electron chi connectivity index (χ1n) is 9.65. The van der Waals surface area contributed by atoms with Crippen molar-refractivity contribution < 1.29 is 0 Å². The van der Waals surface area contributed by atoms with Gasteiger partial charge < -0.3 is 0 Å². The Morgan fingerprint density at radius 2 is 1.52 bits per heavy atom. The van der Waals surface area contributed by atoms with Gasteiger partial charge in [-0.3, -0.25) is 9.36 Å². The van der Waals surface area contributed by atoms with Gasteiger partial charge in [0, 0.05) is 18.4 Å². The van der Waals surface area contributed by atoms with Gasteiger partial charge in [0.1, 0.15) is 0 Å². The molecular weight excluding hydrogens is 308 g/mol. The van der Waals surface area contributed by atoms with Crippen LogP contribution >= 0.6 is 0 Å². The highest BCUT2D eigenvalue weighted by Crippen LogP contribution is 2.31. The Hall–Kier alpha value is -1.58. The van der Waals surface area contributed by atoms with Gasteiger partial charge in [0.05, 0.1) is 16.9 Å². The summed E-state index contributed by atoms with van der Waals surface area (Å²) in [6.07, 6.45) is 6.70. The molecule has 4 nitrogen and oxygen atoms in total. The lowest BCUT2D eigenvalue weighted by Crippen LogP contribution is -2.27. The second-order valence-corrected chi connectivity index (χ2v) is 8.76. The highest BCUT2D eigenvalue weighted by molar-refractivity contribution is 5.21. The van der Waals surface area contributed by atoms with E-state index in [1.54, 1.807) is 0 Å². The van der Waals surface area contributed by atoms with Gasteiger partial charge in [-0.2, -0.15) is 10.2 Å². The SMILES string of the molecule is Cc1nn(C(C)(C)CCC(C)c2cn(C(C)C)nc2C)cc1C(C)C. The van der Waals surface area contributed by atoms with Crippen molar-refractivity contribution in [2.45, 2.75) is 98.6 Å². The molecule has 0 N–H and O–H groups in total. The van der Waals surface area contributed by atoms with Gasteiger partial charge in [-0.25, -0.2) is 0 Å². The normalized spacial score (nSPS) is 13.9. The summed E-state index contributed by atoms with van der Waals surface area (Å²) in [7, 11) is 0. The van der Waals surface area contributed by atoms with E-state index >= 15 is 0 Å². The molecule has 0 aliphatic rings. The summed E-state index contributed by atoms with van der Waals surface area (Å²) in [6, 6.07) is 0.414. The quantitative estimate of drug-likeness (QED) is 0.644. The molecule has 0 amide bonds. The molecule has 2 aromatic heterocycles. The smallest absolute Gasteiger partial charge is 0.0628 e. The minimum absolute atomic E-state index is 0.0219. The molecule has 0 saturated heterocycles. The van der Waals surface area contributed by atoms with Gasteiger partial charge in [0.25, 0.3) is 0 Å². The molecule has 0 aliphatic heterocycles. The summed E-state index contributed by atoms with van der Waals surface area (Å²) >= 11 is 0. The average Bonchev–Trinajstić information content (AvgIpc) is 3.08. The van der Waals surface area contributed by atoms with Crippen LogP contribution in [0.2, 0.25) is 0 Å². The Bertz CT molecular complexity index is 704. The minimum Gasteiger partial charge on any atom is -0.270 e. The Labute approximate surface area is 153 Å². The van der Waals surface area contributed by atoms with Crippen molar-refractivity contribution in [1.82, 2.24) is 19.6 Å². The van der Waals surface area contributed by atoms with Crippen LogP contribution in [0.15, 0.2) is 12.4 Å². The topological polar surface area (TPSA) is 35.6 Å². The Kier molecular flexibility index (Phi) is 5.80. The molecule has 0 aliphatic carbocycles. The van der Waals surface area contributed by atoms with Gasteiger partial charge in [0.2, 0.25) is 0 Å². The fraction of sp³-hybridized carbons (Fsp3) is 0.714. The molecule has 2 aromatic rings. The maximum absolute atomic E-state index is 4.80. The lowest BCUT2D eigenvalue weighted by Gasteiger charge is -2.27. The van der Waals surface area contributed by atoms with Crippen LogP contribution in [-0.2, 0) is 5.54 Å². The molecule has 2 heterocycles. The first-order chi connectivity index (χ1) is 11.5. The molecule has 0 aromatic carbocycles. The lowest BCUT2D eigenvalue weighted by atomic mass is 9.89. The van der Waals surface area contributed by atoms with Gasteiger partial charge >= 0.3 is 0 Å². The molecule has 0 bridgehead atoms. The maximum Gasteiger partial charge on any atom is 0.0628 e. The van der Waals surface area contributed by atoms with E-state index in [0.29, 0.717) is 17.9 Å². The summed E-state index contributed by atoms with van der Waals surface area (Å²) in [5.74, 6) is 1.03. The fourth-order valence-electron chi connectivity index (χ4n) is 3.43. The molecular formula is C21H36N4. The highest BCUT2D eigenvalue weighted by Gasteiger charge is 2.25. The Balaban J connectivity index is 2.10.